The molecule has 2 N–H and O–H groups in total. The largest absolute Gasteiger partial charge is 0.395 e. The average molecular weight is 289 g/mol. The van der Waals surface area contributed by atoms with Crippen molar-refractivity contribution in [1.82, 2.24) is 10.2 Å². The molecule has 0 bridgehead atoms. The summed E-state index contributed by atoms with van der Waals surface area (Å²) >= 11 is 0. The summed E-state index contributed by atoms with van der Waals surface area (Å²) in [6, 6.07) is 9.55. The number of rotatable bonds is 6. The van der Waals surface area contributed by atoms with Crippen molar-refractivity contribution in [3.8, 4) is 0 Å². The molecule has 21 heavy (non-hydrogen) atoms. The highest BCUT2D eigenvalue weighted by Crippen LogP contribution is 2.24. The van der Waals surface area contributed by atoms with Gasteiger partial charge in [0.15, 0.2) is 0 Å². The van der Waals surface area contributed by atoms with Gasteiger partial charge < -0.3 is 15.3 Å². The Bertz CT molecular complexity index is 447. The number of anilines is 1. The summed E-state index contributed by atoms with van der Waals surface area (Å²) in [7, 11) is 0. The molecule has 1 saturated heterocycles. The molecule has 1 aromatic carbocycles. The summed E-state index contributed by atoms with van der Waals surface area (Å²) in [5.41, 5.74) is 2.80. The molecule has 1 aliphatic carbocycles. The Morgan fingerprint density at radius 1 is 1.10 bits per heavy atom. The van der Waals surface area contributed by atoms with Crippen LogP contribution in [0.1, 0.15) is 24.8 Å². The minimum Gasteiger partial charge on any atom is -0.395 e. The van der Waals surface area contributed by atoms with Gasteiger partial charge >= 0.3 is 0 Å². The lowest BCUT2D eigenvalue weighted by Crippen LogP contribution is -2.33. The Morgan fingerprint density at radius 2 is 1.95 bits per heavy atom. The first kappa shape index (κ1) is 14.8. The fourth-order valence-corrected chi connectivity index (χ4v) is 3.09. The molecule has 116 valence electrons. The normalized spacial score (nSPS) is 20.5. The molecule has 1 heterocycles. The van der Waals surface area contributed by atoms with Gasteiger partial charge in [0.2, 0.25) is 0 Å². The maximum absolute atomic E-state index is 9.10. The number of benzene rings is 1. The first-order chi connectivity index (χ1) is 10.4. The van der Waals surface area contributed by atoms with E-state index in [9.17, 15) is 0 Å². The van der Waals surface area contributed by atoms with Crippen LogP contribution >= 0.6 is 0 Å². The molecule has 0 unspecified atom stereocenters. The van der Waals surface area contributed by atoms with Crippen LogP contribution in [0, 0.1) is 0 Å². The van der Waals surface area contributed by atoms with Crippen LogP contribution < -0.4 is 10.2 Å². The Morgan fingerprint density at radius 3 is 2.76 bits per heavy atom. The first-order valence-electron chi connectivity index (χ1n) is 8.26. The Kier molecular flexibility index (Phi) is 5.12. The van der Waals surface area contributed by atoms with E-state index in [1.165, 1.54) is 30.5 Å². The molecule has 2 fully saturated rings. The molecule has 1 saturated carbocycles. The second-order valence-corrected chi connectivity index (χ2v) is 6.19. The summed E-state index contributed by atoms with van der Waals surface area (Å²) in [6.45, 7) is 6.37. The van der Waals surface area contributed by atoms with Crippen molar-refractivity contribution < 1.29 is 5.11 Å². The number of hydrogen-bond donors (Lipinski definition) is 2. The van der Waals surface area contributed by atoms with Crippen molar-refractivity contribution in [2.75, 3.05) is 44.2 Å². The van der Waals surface area contributed by atoms with E-state index in [-0.39, 0.29) is 6.61 Å². The smallest absolute Gasteiger partial charge is 0.0558 e. The Hall–Kier alpha value is -1.10. The molecule has 2 aliphatic rings. The summed E-state index contributed by atoms with van der Waals surface area (Å²) in [5, 5.41) is 12.7. The van der Waals surface area contributed by atoms with Crippen molar-refractivity contribution in [2.45, 2.75) is 31.8 Å². The fourth-order valence-electron chi connectivity index (χ4n) is 3.09. The number of aliphatic hydroxyl groups is 1. The SMILES string of the molecule is OCCN1CCCN(c2ccccc2CNC2CC2)CC1. The van der Waals surface area contributed by atoms with Gasteiger partial charge in [-0.15, -0.1) is 0 Å². The zero-order valence-electron chi connectivity index (χ0n) is 12.8. The van der Waals surface area contributed by atoms with E-state index < -0.39 is 0 Å². The van der Waals surface area contributed by atoms with E-state index in [0.717, 1.165) is 45.3 Å². The predicted molar refractivity (Wildman–Crippen MR) is 86.7 cm³/mol. The molecule has 3 rings (SSSR count). The predicted octanol–water partition coefficient (Wildman–Crippen LogP) is 1.44. The van der Waals surface area contributed by atoms with E-state index in [0.29, 0.717) is 0 Å². The van der Waals surface area contributed by atoms with Gasteiger partial charge in [0.05, 0.1) is 6.61 Å². The quantitative estimate of drug-likeness (QED) is 0.831. The number of β-amino-alcohol motifs (C(OH)–C–C–N with tert-alkyl or cyclic N) is 1. The maximum atomic E-state index is 9.10. The number of hydrogen-bond acceptors (Lipinski definition) is 4. The zero-order chi connectivity index (χ0) is 14.5. The molecule has 1 aliphatic heterocycles. The van der Waals surface area contributed by atoms with Crippen LogP contribution in [0.2, 0.25) is 0 Å². The molecule has 0 radical (unpaired) electrons. The van der Waals surface area contributed by atoms with Crippen molar-refractivity contribution in [3.05, 3.63) is 29.8 Å². The molecule has 0 atom stereocenters. The molecule has 0 spiro atoms. The second-order valence-electron chi connectivity index (χ2n) is 6.19. The van der Waals surface area contributed by atoms with Crippen LogP contribution in [0.4, 0.5) is 5.69 Å². The molecular formula is C17H27N3O. The molecule has 4 nitrogen and oxygen atoms in total. The van der Waals surface area contributed by atoms with E-state index in [1.54, 1.807) is 0 Å². The van der Waals surface area contributed by atoms with Gasteiger partial charge in [0.1, 0.15) is 0 Å². The van der Waals surface area contributed by atoms with Gasteiger partial charge in [-0.05, 0) is 37.4 Å². The van der Waals surface area contributed by atoms with Crippen LogP contribution in [0.15, 0.2) is 24.3 Å². The molecular weight excluding hydrogens is 262 g/mol. The zero-order valence-corrected chi connectivity index (χ0v) is 12.8. The number of nitrogens with zero attached hydrogens (tertiary/aromatic N) is 2. The lowest BCUT2D eigenvalue weighted by molar-refractivity contribution is 0.204. The summed E-state index contributed by atoms with van der Waals surface area (Å²) < 4.78 is 0. The summed E-state index contributed by atoms with van der Waals surface area (Å²) in [4.78, 5) is 4.88. The number of nitrogens with one attached hydrogen (secondary N) is 1. The van der Waals surface area contributed by atoms with Crippen molar-refractivity contribution in [1.29, 1.82) is 0 Å². The molecule has 0 aromatic heterocycles. The van der Waals surface area contributed by atoms with Gasteiger partial charge in [-0.3, -0.25) is 4.90 Å². The number of aliphatic hydroxyl groups excluding tert-OH is 1. The highest BCUT2D eigenvalue weighted by atomic mass is 16.3. The van der Waals surface area contributed by atoms with Gasteiger partial charge in [-0.25, -0.2) is 0 Å². The third kappa shape index (κ3) is 4.19. The minimum absolute atomic E-state index is 0.266. The Balaban J connectivity index is 1.64. The molecule has 0 amide bonds. The third-order valence-corrected chi connectivity index (χ3v) is 4.50. The van der Waals surface area contributed by atoms with Gasteiger partial charge in [0, 0.05) is 44.5 Å². The van der Waals surface area contributed by atoms with Gasteiger partial charge in [-0.2, -0.15) is 0 Å². The van der Waals surface area contributed by atoms with Crippen LogP contribution in [0.3, 0.4) is 0 Å². The van der Waals surface area contributed by atoms with E-state index in [4.69, 9.17) is 5.11 Å². The minimum atomic E-state index is 0.266. The maximum Gasteiger partial charge on any atom is 0.0558 e. The standard InChI is InChI=1S/C17H27N3O/c21-13-12-19-8-3-9-20(11-10-19)17-5-2-1-4-15(17)14-18-16-6-7-16/h1-2,4-5,16,18,21H,3,6-14H2. The topological polar surface area (TPSA) is 38.7 Å². The summed E-state index contributed by atoms with van der Waals surface area (Å²) in [6.07, 6.45) is 3.84. The highest BCUT2D eigenvalue weighted by Gasteiger charge is 2.21. The second kappa shape index (κ2) is 7.25. The Labute approximate surface area is 127 Å². The van der Waals surface area contributed by atoms with Crippen LogP contribution in [-0.2, 0) is 6.54 Å². The lowest BCUT2D eigenvalue weighted by Gasteiger charge is -2.26. The van der Waals surface area contributed by atoms with Crippen LogP contribution in [0.25, 0.3) is 0 Å². The number of para-hydroxylation sites is 1. The lowest BCUT2D eigenvalue weighted by atomic mass is 10.1. The van der Waals surface area contributed by atoms with Crippen molar-refractivity contribution in [2.24, 2.45) is 0 Å². The van der Waals surface area contributed by atoms with E-state index >= 15 is 0 Å². The molecule has 1 aromatic rings. The summed E-state index contributed by atoms with van der Waals surface area (Å²) in [5.74, 6) is 0. The van der Waals surface area contributed by atoms with Crippen molar-refractivity contribution >= 4 is 5.69 Å². The highest BCUT2D eigenvalue weighted by molar-refractivity contribution is 5.53. The molecule has 4 heteroatoms. The first-order valence-corrected chi connectivity index (χ1v) is 8.26. The fraction of sp³-hybridized carbons (Fsp3) is 0.647. The van der Waals surface area contributed by atoms with Gasteiger partial charge in [-0.1, -0.05) is 18.2 Å². The van der Waals surface area contributed by atoms with E-state index in [2.05, 4.69) is 39.4 Å². The monoisotopic (exact) mass is 289 g/mol. The van der Waals surface area contributed by atoms with Gasteiger partial charge in [0.25, 0.3) is 0 Å². The van der Waals surface area contributed by atoms with Crippen LogP contribution in [0.5, 0.6) is 0 Å². The van der Waals surface area contributed by atoms with E-state index in [1.807, 2.05) is 0 Å². The van der Waals surface area contributed by atoms with Crippen molar-refractivity contribution in [3.63, 3.8) is 0 Å². The van der Waals surface area contributed by atoms with Crippen LogP contribution in [-0.4, -0.2) is 55.4 Å². The third-order valence-electron chi connectivity index (χ3n) is 4.50. The average Bonchev–Trinajstić information content (AvgIpc) is 3.33.